The van der Waals surface area contributed by atoms with Gasteiger partial charge in [-0.25, -0.2) is 14.4 Å². The molecule has 1 aromatic heterocycles. The van der Waals surface area contributed by atoms with Gasteiger partial charge in [0.05, 0.1) is 23.8 Å². The molecule has 0 radical (unpaired) electrons. The summed E-state index contributed by atoms with van der Waals surface area (Å²) in [6.07, 6.45) is -3.01. The Labute approximate surface area is 207 Å². The lowest BCUT2D eigenvalue weighted by molar-refractivity contribution is -0.275. The topological polar surface area (TPSA) is 85.7 Å². The van der Waals surface area contributed by atoms with Gasteiger partial charge in [-0.05, 0) is 31.9 Å². The molecule has 1 aliphatic rings. The van der Waals surface area contributed by atoms with Gasteiger partial charge in [0.25, 0.3) is 5.92 Å². The molecular formula is C24H23F6N3O4. The number of fused-ring (bicyclic) bond motifs is 1. The smallest absolute Gasteiger partial charge is 0.487 e. The largest absolute Gasteiger partial charge is 0.573 e. The molecule has 1 aliphatic carbocycles. The van der Waals surface area contributed by atoms with Gasteiger partial charge in [0, 0.05) is 23.6 Å². The van der Waals surface area contributed by atoms with E-state index in [0.717, 1.165) is 25.0 Å². The highest BCUT2D eigenvalue weighted by molar-refractivity contribution is 5.91. The second-order valence-electron chi connectivity index (χ2n) is 8.40. The number of aliphatic hydroxyl groups excluding tert-OH is 1. The van der Waals surface area contributed by atoms with Crippen LogP contribution >= 0.6 is 0 Å². The van der Waals surface area contributed by atoms with Crippen LogP contribution in [0.25, 0.3) is 10.9 Å². The summed E-state index contributed by atoms with van der Waals surface area (Å²) in [4.78, 5) is 8.38. The van der Waals surface area contributed by atoms with Crippen molar-refractivity contribution in [2.45, 2.75) is 44.7 Å². The number of anilines is 1. The predicted octanol–water partition coefficient (Wildman–Crippen LogP) is 5.23. The van der Waals surface area contributed by atoms with E-state index in [1.165, 1.54) is 25.1 Å². The van der Waals surface area contributed by atoms with Crippen molar-refractivity contribution in [3.63, 3.8) is 0 Å². The maximum atomic E-state index is 14.7. The van der Waals surface area contributed by atoms with E-state index in [0.29, 0.717) is 0 Å². The summed E-state index contributed by atoms with van der Waals surface area (Å²) in [6, 6.07) is 5.67. The van der Waals surface area contributed by atoms with Gasteiger partial charge in [-0.3, -0.25) is 0 Å². The van der Waals surface area contributed by atoms with E-state index >= 15 is 0 Å². The molecule has 1 fully saturated rings. The maximum Gasteiger partial charge on any atom is 0.573 e. The fraction of sp³-hybridized carbons (Fsp3) is 0.417. The lowest BCUT2D eigenvalue weighted by Gasteiger charge is -2.18. The van der Waals surface area contributed by atoms with Crippen molar-refractivity contribution in [3.8, 4) is 11.5 Å². The molecule has 7 nitrogen and oxygen atoms in total. The minimum absolute atomic E-state index is 0.0389. The lowest BCUT2D eigenvalue weighted by atomic mass is 10.0. The van der Waals surface area contributed by atoms with Gasteiger partial charge < -0.3 is 24.6 Å². The van der Waals surface area contributed by atoms with Crippen LogP contribution in [0.1, 0.15) is 29.8 Å². The Bertz CT molecular complexity index is 1270. The highest BCUT2D eigenvalue weighted by atomic mass is 19.4. The molecule has 0 amide bonds. The van der Waals surface area contributed by atoms with Gasteiger partial charge in [-0.1, -0.05) is 12.1 Å². The Hall–Kier alpha value is -3.32. The van der Waals surface area contributed by atoms with E-state index in [-0.39, 0.29) is 59.7 Å². The van der Waals surface area contributed by atoms with Crippen LogP contribution in [0, 0.1) is 12.7 Å². The molecule has 0 bridgehead atoms. The van der Waals surface area contributed by atoms with E-state index in [2.05, 4.69) is 20.0 Å². The third-order valence-corrected chi connectivity index (χ3v) is 5.44. The number of hydrogen-bond donors (Lipinski definition) is 2. The fourth-order valence-electron chi connectivity index (χ4n) is 3.57. The zero-order valence-electron chi connectivity index (χ0n) is 19.5. The Morgan fingerprint density at radius 3 is 2.49 bits per heavy atom. The van der Waals surface area contributed by atoms with Gasteiger partial charge in [0.2, 0.25) is 0 Å². The van der Waals surface area contributed by atoms with Crippen molar-refractivity contribution >= 4 is 16.7 Å². The van der Waals surface area contributed by atoms with E-state index in [1.807, 2.05) is 0 Å². The quantitative estimate of drug-likeness (QED) is 0.259. The number of nitrogens with one attached hydrogen (secondary N) is 1. The highest BCUT2D eigenvalue weighted by Crippen LogP contribution is 2.38. The zero-order valence-corrected chi connectivity index (χ0v) is 19.5. The number of ether oxygens (including phenoxy) is 3. The molecule has 37 heavy (non-hydrogen) atoms. The van der Waals surface area contributed by atoms with Crippen molar-refractivity contribution in [1.29, 1.82) is 0 Å². The Kier molecular flexibility index (Phi) is 7.64. The van der Waals surface area contributed by atoms with E-state index in [1.54, 1.807) is 0 Å². The maximum absolute atomic E-state index is 14.7. The Morgan fingerprint density at radius 2 is 1.81 bits per heavy atom. The molecule has 200 valence electrons. The average Bonchev–Trinajstić information content (AvgIpc) is 3.64. The van der Waals surface area contributed by atoms with E-state index < -0.39 is 36.0 Å². The van der Waals surface area contributed by atoms with Crippen LogP contribution in [-0.4, -0.2) is 47.4 Å². The SMILES string of the molecule is Cc1nc(NCc2cccc(C(F)(F)CO)c2F)c2cc(OCCOC3CC3)c(OC(F)(F)F)cc2n1. The van der Waals surface area contributed by atoms with Gasteiger partial charge in [-0.2, -0.15) is 8.78 Å². The van der Waals surface area contributed by atoms with Crippen LogP contribution in [0.2, 0.25) is 0 Å². The second kappa shape index (κ2) is 10.6. The number of aromatic nitrogens is 2. The van der Waals surface area contributed by atoms with Crippen molar-refractivity contribution < 1.29 is 45.7 Å². The second-order valence-corrected chi connectivity index (χ2v) is 8.40. The summed E-state index contributed by atoms with van der Waals surface area (Å²) in [5.74, 6) is -5.54. The minimum Gasteiger partial charge on any atom is -0.487 e. The molecule has 3 aromatic rings. The molecule has 0 aliphatic heterocycles. The first-order chi connectivity index (χ1) is 17.5. The van der Waals surface area contributed by atoms with Gasteiger partial charge in [0.15, 0.2) is 11.5 Å². The van der Waals surface area contributed by atoms with E-state index in [4.69, 9.17) is 14.6 Å². The van der Waals surface area contributed by atoms with Crippen LogP contribution in [0.5, 0.6) is 11.5 Å². The van der Waals surface area contributed by atoms with Crippen molar-refractivity contribution in [2.75, 3.05) is 25.1 Å². The predicted molar refractivity (Wildman–Crippen MR) is 120 cm³/mol. The highest BCUT2D eigenvalue weighted by Gasteiger charge is 2.35. The van der Waals surface area contributed by atoms with Crippen LogP contribution in [0.3, 0.4) is 0 Å². The van der Waals surface area contributed by atoms with E-state index in [9.17, 15) is 26.3 Å². The van der Waals surface area contributed by atoms with Crippen molar-refractivity contribution in [1.82, 2.24) is 9.97 Å². The number of benzene rings is 2. The standard InChI is InChI=1S/C24H23F6N3O4/c1-13-32-18-10-20(37-24(28,29)30)19(36-8-7-35-15-5-6-15)9-16(18)22(33-13)31-11-14-3-2-4-17(21(14)25)23(26,27)12-34/h2-4,9-10,15,34H,5-8,11-12H2,1H3,(H,31,32,33). The normalized spacial score (nSPS) is 14.2. The molecule has 0 unspecified atom stereocenters. The summed E-state index contributed by atoms with van der Waals surface area (Å²) in [7, 11) is 0. The molecular weight excluding hydrogens is 508 g/mol. The first-order valence-electron chi connectivity index (χ1n) is 11.3. The molecule has 1 heterocycles. The molecule has 13 heteroatoms. The number of halogens is 6. The molecule has 1 saturated carbocycles. The lowest BCUT2D eigenvalue weighted by Crippen LogP contribution is -2.21. The van der Waals surface area contributed by atoms with Crippen LogP contribution in [0.15, 0.2) is 30.3 Å². The van der Waals surface area contributed by atoms with Crippen molar-refractivity contribution in [3.05, 3.63) is 53.1 Å². The summed E-state index contributed by atoms with van der Waals surface area (Å²) in [5.41, 5.74) is -1.02. The third kappa shape index (κ3) is 6.72. The fourth-order valence-corrected chi connectivity index (χ4v) is 3.57. The molecule has 0 saturated heterocycles. The first kappa shape index (κ1) is 26.7. The number of rotatable bonds is 11. The molecule has 4 rings (SSSR count). The van der Waals surface area contributed by atoms with Gasteiger partial charge in [0.1, 0.15) is 30.7 Å². The molecule has 0 atom stereocenters. The summed E-state index contributed by atoms with van der Waals surface area (Å²) >= 11 is 0. The Morgan fingerprint density at radius 1 is 1.05 bits per heavy atom. The number of aryl methyl sites for hydroxylation is 1. The minimum atomic E-state index is -4.99. The summed E-state index contributed by atoms with van der Waals surface area (Å²) in [6.45, 7) is -0.232. The first-order valence-corrected chi connectivity index (χ1v) is 11.3. The number of alkyl halides is 5. The number of aliphatic hydroxyl groups is 1. The van der Waals surface area contributed by atoms with Gasteiger partial charge >= 0.3 is 6.36 Å². The zero-order chi connectivity index (χ0) is 26.8. The van der Waals surface area contributed by atoms with Crippen LogP contribution in [-0.2, 0) is 17.2 Å². The van der Waals surface area contributed by atoms with Crippen LogP contribution in [0.4, 0.5) is 32.2 Å². The van der Waals surface area contributed by atoms with Crippen molar-refractivity contribution in [2.24, 2.45) is 0 Å². The molecule has 0 spiro atoms. The summed E-state index contributed by atoms with van der Waals surface area (Å²) in [5, 5.41) is 12.0. The monoisotopic (exact) mass is 531 g/mol. The molecule has 2 N–H and O–H groups in total. The Balaban J connectivity index is 1.64. The average molecular weight is 531 g/mol. The number of nitrogens with zero attached hydrogens (tertiary/aromatic N) is 2. The number of hydrogen-bond acceptors (Lipinski definition) is 7. The third-order valence-electron chi connectivity index (χ3n) is 5.44. The van der Waals surface area contributed by atoms with Crippen LogP contribution < -0.4 is 14.8 Å². The molecule has 2 aromatic carbocycles. The summed E-state index contributed by atoms with van der Waals surface area (Å²) < 4.78 is 96.6. The van der Waals surface area contributed by atoms with Gasteiger partial charge in [-0.15, -0.1) is 13.2 Å².